The smallest absolute Gasteiger partial charge is 0.327 e. The highest BCUT2D eigenvalue weighted by Gasteiger charge is 2.11. The van der Waals surface area contributed by atoms with Crippen molar-refractivity contribution in [2.45, 2.75) is 12.6 Å². The van der Waals surface area contributed by atoms with E-state index in [1.165, 1.54) is 0 Å². The molecule has 1 aromatic carbocycles. The van der Waals surface area contributed by atoms with Crippen LogP contribution in [0.15, 0.2) is 41.5 Å². The molecule has 0 radical (unpaired) electrons. The number of ether oxygens (including phenoxy) is 1. The molecule has 0 fully saturated rings. The van der Waals surface area contributed by atoms with Crippen LogP contribution < -0.4 is 15.7 Å². The van der Waals surface area contributed by atoms with Gasteiger partial charge in [0.25, 0.3) is 0 Å². The maximum Gasteiger partial charge on any atom is 0.327 e. The molecule has 5 heteroatoms. The highest BCUT2D eigenvalue weighted by Crippen LogP contribution is 2.18. The van der Waals surface area contributed by atoms with Crippen LogP contribution in [-0.2, 0) is 13.6 Å². The Hall–Kier alpha value is -2.01. The Bertz CT molecular complexity index is 583. The SMILES string of the molecule is CNC(Cn1ccn(C)c1=O)c1ccc(OC)cc1. The third-order valence-electron chi connectivity index (χ3n) is 3.26. The van der Waals surface area contributed by atoms with Gasteiger partial charge in [-0.2, -0.15) is 0 Å². The minimum Gasteiger partial charge on any atom is -0.497 e. The van der Waals surface area contributed by atoms with Gasteiger partial charge in [0, 0.05) is 26.0 Å². The second kappa shape index (κ2) is 5.75. The monoisotopic (exact) mass is 261 g/mol. The number of benzene rings is 1. The number of rotatable bonds is 5. The number of hydrogen-bond donors (Lipinski definition) is 1. The molecule has 0 bridgehead atoms. The van der Waals surface area contributed by atoms with Crippen molar-refractivity contribution in [3.05, 3.63) is 52.7 Å². The molecular weight excluding hydrogens is 242 g/mol. The fraction of sp³-hybridized carbons (Fsp3) is 0.357. The number of imidazole rings is 1. The van der Waals surface area contributed by atoms with Gasteiger partial charge in [0.2, 0.25) is 0 Å². The van der Waals surface area contributed by atoms with Crippen LogP contribution in [0.1, 0.15) is 11.6 Å². The minimum atomic E-state index is -0.00578. The Labute approximate surface area is 112 Å². The first kappa shape index (κ1) is 13.4. The second-order valence-corrected chi connectivity index (χ2v) is 4.46. The van der Waals surface area contributed by atoms with E-state index in [0.717, 1.165) is 11.3 Å². The van der Waals surface area contributed by atoms with E-state index in [4.69, 9.17) is 4.74 Å². The maximum absolute atomic E-state index is 11.8. The van der Waals surface area contributed by atoms with Crippen molar-refractivity contribution in [2.24, 2.45) is 7.05 Å². The van der Waals surface area contributed by atoms with Crippen LogP contribution in [0.25, 0.3) is 0 Å². The van der Waals surface area contributed by atoms with Crippen molar-refractivity contribution in [1.82, 2.24) is 14.5 Å². The molecule has 0 aliphatic rings. The van der Waals surface area contributed by atoms with Crippen LogP contribution in [0.4, 0.5) is 0 Å². The van der Waals surface area contributed by atoms with Gasteiger partial charge in [-0.15, -0.1) is 0 Å². The van der Waals surface area contributed by atoms with E-state index in [9.17, 15) is 4.79 Å². The average Bonchev–Trinajstić information content (AvgIpc) is 2.76. The van der Waals surface area contributed by atoms with Crippen LogP contribution in [0.5, 0.6) is 5.75 Å². The standard InChI is InChI=1S/C14H19N3O2/c1-15-13(10-17-9-8-16(2)14(17)18)11-4-6-12(19-3)7-5-11/h4-9,13,15H,10H2,1-3H3. The van der Waals surface area contributed by atoms with Crippen molar-refractivity contribution in [3.63, 3.8) is 0 Å². The molecule has 0 saturated heterocycles. The second-order valence-electron chi connectivity index (χ2n) is 4.46. The summed E-state index contributed by atoms with van der Waals surface area (Å²) in [7, 11) is 5.29. The zero-order chi connectivity index (χ0) is 13.8. The van der Waals surface area contributed by atoms with E-state index in [-0.39, 0.29) is 11.7 Å². The Morgan fingerprint density at radius 2 is 1.95 bits per heavy atom. The van der Waals surface area contributed by atoms with Crippen LogP contribution in [0.3, 0.4) is 0 Å². The van der Waals surface area contributed by atoms with Gasteiger partial charge in [0.15, 0.2) is 0 Å². The molecule has 0 aliphatic heterocycles. The van der Waals surface area contributed by atoms with E-state index >= 15 is 0 Å². The zero-order valence-corrected chi connectivity index (χ0v) is 11.5. The largest absolute Gasteiger partial charge is 0.497 e. The number of hydrogen-bond acceptors (Lipinski definition) is 3. The predicted octanol–water partition coefficient (Wildman–Crippen LogP) is 1.16. The zero-order valence-electron chi connectivity index (χ0n) is 11.5. The number of methoxy groups -OCH3 is 1. The molecule has 1 atom stereocenters. The van der Waals surface area contributed by atoms with Crippen molar-refractivity contribution in [1.29, 1.82) is 0 Å². The van der Waals surface area contributed by atoms with Crippen LogP contribution in [0.2, 0.25) is 0 Å². The lowest BCUT2D eigenvalue weighted by atomic mass is 10.1. The maximum atomic E-state index is 11.8. The van der Waals surface area contributed by atoms with Crippen LogP contribution in [-0.4, -0.2) is 23.3 Å². The van der Waals surface area contributed by atoms with Gasteiger partial charge in [0.1, 0.15) is 5.75 Å². The highest BCUT2D eigenvalue weighted by atomic mass is 16.5. The average molecular weight is 261 g/mol. The Morgan fingerprint density at radius 3 is 2.42 bits per heavy atom. The summed E-state index contributed by atoms with van der Waals surface area (Å²) in [5, 5.41) is 3.23. The fourth-order valence-corrected chi connectivity index (χ4v) is 2.05. The summed E-state index contributed by atoms with van der Waals surface area (Å²) in [6.45, 7) is 0.600. The summed E-state index contributed by atoms with van der Waals surface area (Å²) >= 11 is 0. The van der Waals surface area contributed by atoms with E-state index < -0.39 is 0 Å². The Balaban J connectivity index is 2.19. The third kappa shape index (κ3) is 2.88. The molecule has 0 saturated carbocycles. The van der Waals surface area contributed by atoms with Gasteiger partial charge < -0.3 is 14.6 Å². The highest BCUT2D eigenvalue weighted by molar-refractivity contribution is 5.29. The van der Waals surface area contributed by atoms with E-state index in [0.29, 0.717) is 6.54 Å². The quantitative estimate of drug-likeness (QED) is 0.878. The summed E-state index contributed by atoms with van der Waals surface area (Å²) in [6.07, 6.45) is 3.57. The number of likely N-dealkylation sites (N-methyl/N-ethyl adjacent to an activating group) is 1. The molecule has 2 aromatic rings. The third-order valence-corrected chi connectivity index (χ3v) is 3.26. The lowest BCUT2D eigenvalue weighted by Gasteiger charge is -2.17. The molecule has 2 rings (SSSR count). The number of aromatic nitrogens is 2. The van der Waals surface area contributed by atoms with Crippen molar-refractivity contribution >= 4 is 0 Å². The first-order chi connectivity index (χ1) is 9.15. The van der Waals surface area contributed by atoms with Crippen LogP contribution in [0, 0.1) is 0 Å². The molecule has 0 aliphatic carbocycles. The normalized spacial score (nSPS) is 12.4. The molecule has 19 heavy (non-hydrogen) atoms. The number of nitrogens with one attached hydrogen (secondary N) is 1. The summed E-state index contributed by atoms with van der Waals surface area (Å²) in [6, 6.07) is 7.95. The lowest BCUT2D eigenvalue weighted by molar-refractivity contribution is 0.414. The van der Waals surface area contributed by atoms with Gasteiger partial charge in [0.05, 0.1) is 13.2 Å². The molecule has 0 amide bonds. The van der Waals surface area contributed by atoms with Gasteiger partial charge >= 0.3 is 5.69 Å². The summed E-state index contributed by atoms with van der Waals surface area (Å²) in [5.41, 5.74) is 1.12. The minimum absolute atomic E-state index is 0.00578. The molecule has 1 N–H and O–H groups in total. The molecule has 1 aromatic heterocycles. The van der Waals surface area contributed by atoms with Crippen LogP contribution >= 0.6 is 0 Å². The fourth-order valence-electron chi connectivity index (χ4n) is 2.05. The molecular formula is C14H19N3O2. The van der Waals surface area contributed by atoms with E-state index in [2.05, 4.69) is 5.32 Å². The number of nitrogens with zero attached hydrogens (tertiary/aromatic N) is 2. The summed E-state index contributed by atoms with van der Waals surface area (Å²) in [5.74, 6) is 0.829. The molecule has 102 valence electrons. The topological polar surface area (TPSA) is 48.2 Å². The molecule has 1 heterocycles. The summed E-state index contributed by atoms with van der Waals surface area (Å²) in [4.78, 5) is 11.8. The predicted molar refractivity (Wildman–Crippen MR) is 74.5 cm³/mol. The first-order valence-electron chi connectivity index (χ1n) is 6.18. The molecule has 1 unspecified atom stereocenters. The van der Waals surface area contributed by atoms with E-state index in [1.54, 1.807) is 35.7 Å². The summed E-state index contributed by atoms with van der Waals surface area (Å²) < 4.78 is 8.41. The van der Waals surface area contributed by atoms with Gasteiger partial charge in [-0.3, -0.25) is 4.57 Å². The van der Waals surface area contributed by atoms with E-state index in [1.807, 2.05) is 31.3 Å². The van der Waals surface area contributed by atoms with Crippen molar-refractivity contribution in [2.75, 3.05) is 14.2 Å². The van der Waals surface area contributed by atoms with Gasteiger partial charge in [-0.05, 0) is 24.7 Å². The molecule has 0 spiro atoms. The molecule has 5 nitrogen and oxygen atoms in total. The van der Waals surface area contributed by atoms with Crippen molar-refractivity contribution in [3.8, 4) is 5.75 Å². The Kier molecular flexibility index (Phi) is 4.06. The van der Waals surface area contributed by atoms with Crippen molar-refractivity contribution < 1.29 is 4.74 Å². The van der Waals surface area contributed by atoms with Gasteiger partial charge in [-0.25, -0.2) is 4.79 Å². The Morgan fingerprint density at radius 1 is 1.26 bits per heavy atom. The first-order valence-corrected chi connectivity index (χ1v) is 6.18. The lowest BCUT2D eigenvalue weighted by Crippen LogP contribution is -2.29. The van der Waals surface area contributed by atoms with Gasteiger partial charge in [-0.1, -0.05) is 12.1 Å². The number of aryl methyl sites for hydroxylation is 1.